The average Bonchev–Trinajstić information content (AvgIpc) is 3.48. The lowest BCUT2D eigenvalue weighted by atomic mass is 10.3. The van der Waals surface area contributed by atoms with Crippen LogP contribution in [0, 0.1) is 0 Å². The number of ether oxygens (including phenoxy) is 2. The van der Waals surface area contributed by atoms with E-state index in [1.165, 1.54) is 11.8 Å². The summed E-state index contributed by atoms with van der Waals surface area (Å²) in [6, 6.07) is 11.2. The molecule has 0 spiro atoms. The number of rotatable bonds is 9. The second-order valence-corrected chi connectivity index (χ2v) is 7.85. The van der Waals surface area contributed by atoms with Crippen LogP contribution >= 0.6 is 11.8 Å². The summed E-state index contributed by atoms with van der Waals surface area (Å²) in [5.41, 5.74) is 0.854. The van der Waals surface area contributed by atoms with Gasteiger partial charge in [-0.25, -0.2) is 0 Å². The van der Waals surface area contributed by atoms with Crippen molar-refractivity contribution in [1.29, 1.82) is 0 Å². The topological polar surface area (TPSA) is 94.7 Å². The molecule has 0 saturated carbocycles. The Hall–Kier alpha value is -2.82. The van der Waals surface area contributed by atoms with Crippen LogP contribution in [0.2, 0.25) is 0 Å². The van der Waals surface area contributed by atoms with Gasteiger partial charge in [-0.3, -0.25) is 14.3 Å². The fraction of sp³-hybridized carbons (Fsp3) is 0.381. The molecule has 164 valence electrons. The Morgan fingerprint density at radius 3 is 2.71 bits per heavy atom. The average molecular weight is 444 g/mol. The van der Waals surface area contributed by atoms with E-state index in [2.05, 4.69) is 20.4 Å². The van der Waals surface area contributed by atoms with Gasteiger partial charge in [0.25, 0.3) is 0 Å². The summed E-state index contributed by atoms with van der Waals surface area (Å²) in [7, 11) is 1.63. The molecule has 31 heavy (non-hydrogen) atoms. The van der Waals surface area contributed by atoms with Crippen LogP contribution in [0.3, 0.4) is 0 Å². The van der Waals surface area contributed by atoms with E-state index in [0.29, 0.717) is 23.3 Å². The van der Waals surface area contributed by atoms with Crippen molar-refractivity contribution in [2.45, 2.75) is 5.16 Å². The van der Waals surface area contributed by atoms with E-state index in [-0.39, 0.29) is 11.7 Å². The fourth-order valence-electron chi connectivity index (χ4n) is 3.25. The number of nitrogens with one attached hydrogen (secondary N) is 1. The number of amides is 1. The zero-order valence-corrected chi connectivity index (χ0v) is 18.1. The largest absolute Gasteiger partial charge is 0.497 e. The summed E-state index contributed by atoms with van der Waals surface area (Å²) in [4.78, 5) is 14.6. The first-order valence-electron chi connectivity index (χ1n) is 10.1. The third kappa shape index (κ3) is 5.46. The van der Waals surface area contributed by atoms with Crippen molar-refractivity contribution in [2.75, 3.05) is 52.3 Å². The van der Waals surface area contributed by atoms with Crippen molar-refractivity contribution in [3.8, 4) is 23.0 Å². The molecule has 0 bridgehead atoms. The van der Waals surface area contributed by atoms with E-state index in [9.17, 15) is 4.79 Å². The SMILES string of the molecule is COc1ccc(-n2c(SCC(=O)NCCN3CCOCC3)nnc2-c2ccco2)cc1. The van der Waals surface area contributed by atoms with Crippen molar-refractivity contribution in [1.82, 2.24) is 25.0 Å². The number of nitrogens with zero attached hydrogens (tertiary/aromatic N) is 4. The van der Waals surface area contributed by atoms with Crippen molar-refractivity contribution >= 4 is 17.7 Å². The van der Waals surface area contributed by atoms with Crippen LogP contribution in [0.25, 0.3) is 17.3 Å². The van der Waals surface area contributed by atoms with Crippen molar-refractivity contribution < 1.29 is 18.7 Å². The van der Waals surface area contributed by atoms with Gasteiger partial charge in [-0.15, -0.1) is 10.2 Å². The maximum absolute atomic E-state index is 12.4. The molecule has 3 aromatic rings. The number of thioether (sulfide) groups is 1. The first kappa shape index (κ1) is 21.4. The minimum atomic E-state index is -0.0397. The molecule has 1 aliphatic heterocycles. The smallest absolute Gasteiger partial charge is 0.230 e. The number of methoxy groups -OCH3 is 1. The van der Waals surface area contributed by atoms with E-state index < -0.39 is 0 Å². The highest BCUT2D eigenvalue weighted by Crippen LogP contribution is 2.29. The van der Waals surface area contributed by atoms with E-state index in [1.54, 1.807) is 19.4 Å². The molecule has 9 nitrogen and oxygen atoms in total. The number of morpholine rings is 1. The molecule has 0 radical (unpaired) electrons. The van der Waals surface area contributed by atoms with E-state index in [4.69, 9.17) is 13.9 Å². The molecule has 0 aliphatic carbocycles. The fourth-order valence-corrected chi connectivity index (χ4v) is 4.03. The van der Waals surface area contributed by atoms with Crippen molar-refractivity contribution in [3.05, 3.63) is 42.7 Å². The number of carbonyl (C=O) groups excluding carboxylic acids is 1. The number of benzene rings is 1. The van der Waals surface area contributed by atoms with Crippen LogP contribution in [-0.4, -0.2) is 77.8 Å². The van der Waals surface area contributed by atoms with Crippen LogP contribution in [-0.2, 0) is 9.53 Å². The second kappa shape index (κ2) is 10.5. The Bertz CT molecular complexity index is 968. The third-order valence-electron chi connectivity index (χ3n) is 4.89. The molecule has 0 unspecified atom stereocenters. The summed E-state index contributed by atoms with van der Waals surface area (Å²) in [6.45, 7) is 4.76. The van der Waals surface area contributed by atoms with Crippen LogP contribution in [0.5, 0.6) is 5.75 Å². The Kier molecular flexibility index (Phi) is 7.23. The van der Waals surface area contributed by atoms with Gasteiger partial charge in [-0.2, -0.15) is 0 Å². The molecule has 1 N–H and O–H groups in total. The van der Waals surface area contributed by atoms with Gasteiger partial charge in [0.05, 0.1) is 38.0 Å². The molecule has 4 rings (SSSR count). The summed E-state index contributed by atoms with van der Waals surface area (Å²) in [5.74, 6) is 2.14. The van der Waals surface area contributed by atoms with Gasteiger partial charge in [0.2, 0.25) is 11.7 Å². The van der Waals surface area contributed by atoms with E-state index >= 15 is 0 Å². The van der Waals surface area contributed by atoms with Crippen LogP contribution in [0.15, 0.2) is 52.2 Å². The first-order valence-corrected chi connectivity index (χ1v) is 11.1. The van der Waals surface area contributed by atoms with E-state index in [1.807, 2.05) is 34.9 Å². The molecule has 2 aromatic heterocycles. The second-order valence-electron chi connectivity index (χ2n) is 6.91. The summed E-state index contributed by atoms with van der Waals surface area (Å²) >= 11 is 1.33. The Labute approximate surface area is 184 Å². The number of aromatic nitrogens is 3. The Balaban J connectivity index is 1.42. The number of hydrogen-bond acceptors (Lipinski definition) is 8. The molecule has 1 saturated heterocycles. The predicted molar refractivity (Wildman–Crippen MR) is 117 cm³/mol. The molecular formula is C21H25N5O4S. The zero-order chi connectivity index (χ0) is 21.5. The normalized spacial score (nSPS) is 14.5. The molecule has 1 aromatic carbocycles. The molecule has 3 heterocycles. The van der Waals surface area contributed by atoms with Crippen LogP contribution < -0.4 is 10.1 Å². The maximum atomic E-state index is 12.4. The maximum Gasteiger partial charge on any atom is 0.230 e. The van der Waals surface area contributed by atoms with Gasteiger partial charge in [-0.05, 0) is 36.4 Å². The first-order chi connectivity index (χ1) is 15.2. The van der Waals surface area contributed by atoms with Gasteiger partial charge >= 0.3 is 0 Å². The highest BCUT2D eigenvalue weighted by Gasteiger charge is 2.19. The van der Waals surface area contributed by atoms with Crippen molar-refractivity contribution in [2.24, 2.45) is 0 Å². The van der Waals surface area contributed by atoms with Crippen LogP contribution in [0.1, 0.15) is 0 Å². The van der Waals surface area contributed by atoms with Crippen molar-refractivity contribution in [3.63, 3.8) is 0 Å². The van der Waals surface area contributed by atoms with Gasteiger partial charge < -0.3 is 19.2 Å². The molecule has 1 aliphatic rings. The number of furan rings is 1. The molecule has 0 atom stereocenters. The Morgan fingerprint density at radius 2 is 2.00 bits per heavy atom. The highest BCUT2D eigenvalue weighted by atomic mass is 32.2. The monoisotopic (exact) mass is 443 g/mol. The lowest BCUT2D eigenvalue weighted by Crippen LogP contribution is -2.41. The Morgan fingerprint density at radius 1 is 1.19 bits per heavy atom. The number of hydrogen-bond donors (Lipinski definition) is 1. The summed E-state index contributed by atoms with van der Waals surface area (Å²) in [5, 5.41) is 12.2. The van der Waals surface area contributed by atoms with Gasteiger partial charge in [0.15, 0.2) is 10.9 Å². The molecular weight excluding hydrogens is 418 g/mol. The third-order valence-corrected chi connectivity index (χ3v) is 5.82. The molecule has 1 fully saturated rings. The minimum Gasteiger partial charge on any atom is -0.497 e. The predicted octanol–water partition coefficient (Wildman–Crippen LogP) is 2.08. The lowest BCUT2D eigenvalue weighted by Gasteiger charge is -2.26. The zero-order valence-electron chi connectivity index (χ0n) is 17.3. The summed E-state index contributed by atoms with van der Waals surface area (Å²) in [6.07, 6.45) is 1.59. The lowest BCUT2D eigenvalue weighted by molar-refractivity contribution is -0.118. The van der Waals surface area contributed by atoms with Gasteiger partial charge in [0.1, 0.15) is 5.75 Å². The van der Waals surface area contributed by atoms with Gasteiger partial charge in [0, 0.05) is 26.2 Å². The summed E-state index contributed by atoms with van der Waals surface area (Å²) < 4.78 is 18.0. The standard InChI is InChI=1S/C21H25N5O4S/c1-28-17-6-4-16(5-7-17)26-20(18-3-2-12-30-18)23-24-21(26)31-15-19(27)22-8-9-25-10-13-29-14-11-25/h2-7,12H,8-11,13-15H2,1H3,(H,22,27). The van der Waals surface area contributed by atoms with E-state index in [0.717, 1.165) is 44.3 Å². The number of carbonyl (C=O) groups is 1. The minimum absolute atomic E-state index is 0.0397. The quantitative estimate of drug-likeness (QED) is 0.503. The molecule has 10 heteroatoms. The van der Waals surface area contributed by atoms with Crippen LogP contribution in [0.4, 0.5) is 0 Å². The molecule has 1 amide bonds. The highest BCUT2D eigenvalue weighted by molar-refractivity contribution is 7.99. The van der Waals surface area contributed by atoms with Gasteiger partial charge in [-0.1, -0.05) is 11.8 Å².